The predicted octanol–water partition coefficient (Wildman–Crippen LogP) is 4.76. The van der Waals surface area contributed by atoms with Gasteiger partial charge in [-0.15, -0.1) is 0 Å². The number of halogens is 3. The average molecular weight is 476 g/mol. The third-order valence-corrected chi connectivity index (χ3v) is 7.23. The van der Waals surface area contributed by atoms with Gasteiger partial charge in [0.15, 0.2) is 0 Å². The molecule has 1 amide bonds. The van der Waals surface area contributed by atoms with Crippen LogP contribution in [0.2, 0.25) is 10.0 Å². The number of carbonyl (C=O) groups excluding carboxylic acids is 2. The van der Waals surface area contributed by atoms with Crippen molar-refractivity contribution in [3.05, 3.63) is 70.0 Å². The van der Waals surface area contributed by atoms with Gasteiger partial charge in [0.05, 0.1) is 21.0 Å². The summed E-state index contributed by atoms with van der Waals surface area (Å²) >= 11 is 12.6. The van der Waals surface area contributed by atoms with Crippen LogP contribution in [-0.2, 0) is 20.5 Å². The topological polar surface area (TPSA) is 52.7 Å². The van der Waals surface area contributed by atoms with E-state index in [0.717, 1.165) is 29.8 Å². The van der Waals surface area contributed by atoms with E-state index < -0.39 is 5.54 Å². The molecule has 0 radical (unpaired) electrons. The second kappa shape index (κ2) is 8.18. The number of hydrogen-bond acceptors (Lipinski definition) is 4. The van der Waals surface area contributed by atoms with Gasteiger partial charge in [-0.05, 0) is 55.8 Å². The zero-order valence-electron chi connectivity index (χ0n) is 17.9. The maximum absolute atomic E-state index is 14.8. The molecule has 2 aromatic rings. The molecular weight excluding hydrogens is 452 g/mol. The van der Waals surface area contributed by atoms with E-state index in [1.165, 1.54) is 18.2 Å². The standard InChI is InChI=1S/C21H20Cl2FN3O.C3H4O/c1-26-10-21(11-26,17-15(24)6-5-14(22)18(17)23)25-12-3-4-13-16(9-12)27(2)19(28)20(13)7-8-20;1-2-3-4/h3-6,9,25H,7-8,10-11H2,1-2H3;2-3H,1H2. The number of amides is 1. The van der Waals surface area contributed by atoms with Crippen LogP contribution in [0.5, 0.6) is 0 Å². The van der Waals surface area contributed by atoms with Crippen LogP contribution in [0, 0.1) is 5.82 Å². The molecule has 2 fully saturated rings. The lowest BCUT2D eigenvalue weighted by molar-refractivity contribution is -0.119. The lowest BCUT2D eigenvalue weighted by Crippen LogP contribution is -2.62. The van der Waals surface area contributed by atoms with Crippen LogP contribution < -0.4 is 10.2 Å². The van der Waals surface area contributed by atoms with Crippen LogP contribution in [-0.4, -0.2) is 44.3 Å². The molecule has 5 nitrogen and oxygen atoms in total. The molecule has 0 atom stereocenters. The minimum absolute atomic E-state index is 0.168. The molecule has 2 aliphatic heterocycles. The Kier molecular flexibility index (Phi) is 5.82. The Labute approximate surface area is 196 Å². The summed E-state index contributed by atoms with van der Waals surface area (Å²) in [6, 6.07) is 8.82. The number of likely N-dealkylation sites (tertiary alicyclic amines) is 1. The second-order valence-electron chi connectivity index (χ2n) is 8.65. The number of nitrogens with one attached hydrogen (secondary N) is 1. The van der Waals surface area contributed by atoms with E-state index in [0.29, 0.717) is 30.0 Å². The number of allylic oxidation sites excluding steroid dienone is 1. The highest BCUT2D eigenvalue weighted by Crippen LogP contribution is 2.57. The monoisotopic (exact) mass is 475 g/mol. The molecule has 5 rings (SSSR count). The summed E-state index contributed by atoms with van der Waals surface area (Å²) < 4.78 is 14.8. The lowest BCUT2D eigenvalue weighted by Gasteiger charge is -2.50. The Balaban J connectivity index is 0.000000567. The van der Waals surface area contributed by atoms with Crippen LogP contribution in [0.1, 0.15) is 24.0 Å². The van der Waals surface area contributed by atoms with Crippen molar-refractivity contribution in [1.29, 1.82) is 0 Å². The fourth-order valence-electron chi connectivity index (χ4n) is 4.86. The van der Waals surface area contributed by atoms with Gasteiger partial charge in [-0.1, -0.05) is 35.8 Å². The molecular formula is C24H24Cl2FN3O2. The Morgan fingerprint density at radius 2 is 1.81 bits per heavy atom. The first kappa shape index (κ1) is 22.8. The van der Waals surface area contributed by atoms with Gasteiger partial charge in [-0.25, -0.2) is 4.39 Å². The van der Waals surface area contributed by atoms with Crippen LogP contribution in [0.25, 0.3) is 0 Å². The van der Waals surface area contributed by atoms with E-state index in [9.17, 15) is 9.18 Å². The lowest BCUT2D eigenvalue weighted by atomic mass is 9.81. The van der Waals surface area contributed by atoms with Crippen molar-refractivity contribution in [2.75, 3.05) is 37.4 Å². The molecule has 3 aliphatic rings. The van der Waals surface area contributed by atoms with Crippen molar-refractivity contribution in [2.24, 2.45) is 0 Å². The molecule has 32 heavy (non-hydrogen) atoms. The summed E-state index contributed by atoms with van der Waals surface area (Å²) in [6.45, 7) is 4.31. The molecule has 0 unspecified atom stereocenters. The molecule has 1 spiro atoms. The van der Waals surface area contributed by atoms with E-state index in [1.54, 1.807) is 4.90 Å². The summed E-state index contributed by atoms with van der Waals surface area (Å²) in [5.74, 6) is -0.206. The Bertz CT molecular complexity index is 1100. The van der Waals surface area contributed by atoms with Gasteiger partial charge < -0.3 is 15.1 Å². The van der Waals surface area contributed by atoms with Crippen LogP contribution in [0.4, 0.5) is 15.8 Å². The maximum atomic E-state index is 14.8. The minimum atomic E-state index is -0.673. The molecule has 0 aromatic heterocycles. The maximum Gasteiger partial charge on any atom is 0.237 e. The van der Waals surface area contributed by atoms with Gasteiger partial charge in [0.2, 0.25) is 5.91 Å². The number of anilines is 2. The zero-order valence-corrected chi connectivity index (χ0v) is 19.4. The Hall–Kier alpha value is -2.41. The highest BCUT2D eigenvalue weighted by molar-refractivity contribution is 6.42. The number of rotatable bonds is 4. The first-order valence-corrected chi connectivity index (χ1v) is 11.0. The van der Waals surface area contributed by atoms with Crippen molar-refractivity contribution in [3.8, 4) is 0 Å². The van der Waals surface area contributed by atoms with Crippen molar-refractivity contribution in [3.63, 3.8) is 0 Å². The number of likely N-dealkylation sites (N-methyl/N-ethyl adjacent to an activating group) is 2. The molecule has 1 aliphatic carbocycles. The second-order valence-corrected chi connectivity index (χ2v) is 9.43. The third kappa shape index (κ3) is 3.51. The molecule has 0 bridgehead atoms. The number of hydrogen-bond donors (Lipinski definition) is 1. The summed E-state index contributed by atoms with van der Waals surface area (Å²) in [4.78, 5) is 25.5. The molecule has 8 heteroatoms. The molecule has 2 aromatic carbocycles. The van der Waals surface area contributed by atoms with E-state index in [-0.39, 0.29) is 22.2 Å². The minimum Gasteiger partial charge on any atom is -0.373 e. The van der Waals surface area contributed by atoms with Crippen LogP contribution in [0.3, 0.4) is 0 Å². The van der Waals surface area contributed by atoms with Gasteiger partial charge in [0.1, 0.15) is 12.1 Å². The summed E-state index contributed by atoms with van der Waals surface area (Å²) in [5.41, 5.74) is 2.26. The highest BCUT2D eigenvalue weighted by Gasteiger charge is 2.58. The highest BCUT2D eigenvalue weighted by atomic mass is 35.5. The van der Waals surface area contributed by atoms with E-state index >= 15 is 0 Å². The predicted molar refractivity (Wildman–Crippen MR) is 126 cm³/mol. The molecule has 2 heterocycles. The van der Waals surface area contributed by atoms with Crippen molar-refractivity contribution in [2.45, 2.75) is 23.8 Å². The Morgan fingerprint density at radius 3 is 2.38 bits per heavy atom. The number of carbonyl (C=O) groups is 2. The molecule has 1 saturated heterocycles. The third-order valence-electron chi connectivity index (χ3n) is 6.42. The zero-order chi connectivity index (χ0) is 23.3. The largest absolute Gasteiger partial charge is 0.373 e. The van der Waals surface area contributed by atoms with Gasteiger partial charge >= 0.3 is 0 Å². The number of nitrogens with zero attached hydrogens (tertiary/aromatic N) is 2. The Morgan fingerprint density at radius 1 is 1.16 bits per heavy atom. The first-order chi connectivity index (χ1) is 15.2. The van der Waals surface area contributed by atoms with Gasteiger partial charge in [0.25, 0.3) is 0 Å². The molecule has 168 valence electrons. The number of aldehydes is 1. The molecule has 1 N–H and O–H groups in total. The van der Waals surface area contributed by atoms with E-state index in [2.05, 4.69) is 16.8 Å². The van der Waals surface area contributed by atoms with E-state index in [4.69, 9.17) is 28.0 Å². The summed E-state index contributed by atoms with van der Waals surface area (Å²) in [7, 11) is 3.79. The number of benzene rings is 2. The van der Waals surface area contributed by atoms with Gasteiger partial charge in [-0.3, -0.25) is 9.59 Å². The smallest absolute Gasteiger partial charge is 0.237 e. The SMILES string of the molecule is C=CC=O.CN1CC(Nc2ccc3c(c2)N(C)C(=O)C32CC2)(c2c(F)ccc(Cl)c2Cl)C1. The van der Waals surface area contributed by atoms with E-state index in [1.807, 2.05) is 32.3 Å². The van der Waals surface area contributed by atoms with Crippen molar-refractivity contribution in [1.82, 2.24) is 4.90 Å². The molecule has 1 saturated carbocycles. The number of fused-ring (bicyclic) bond motifs is 2. The van der Waals surface area contributed by atoms with Crippen molar-refractivity contribution >= 4 is 46.8 Å². The summed E-state index contributed by atoms with van der Waals surface area (Å²) in [6.07, 6.45) is 3.65. The van der Waals surface area contributed by atoms with Gasteiger partial charge in [0, 0.05) is 37.1 Å². The van der Waals surface area contributed by atoms with Crippen LogP contribution in [0.15, 0.2) is 43.0 Å². The fraction of sp³-hybridized carbons (Fsp3) is 0.333. The normalized spacial score (nSPS) is 19.5. The fourth-order valence-corrected chi connectivity index (χ4v) is 5.35. The first-order valence-electron chi connectivity index (χ1n) is 10.3. The average Bonchev–Trinajstić information content (AvgIpc) is 3.53. The summed E-state index contributed by atoms with van der Waals surface area (Å²) in [5, 5.41) is 4.08. The van der Waals surface area contributed by atoms with Gasteiger partial charge in [-0.2, -0.15) is 0 Å². The van der Waals surface area contributed by atoms with Crippen molar-refractivity contribution < 1.29 is 14.0 Å². The quantitative estimate of drug-likeness (QED) is 0.393. The van der Waals surface area contributed by atoms with Crippen LogP contribution >= 0.6 is 23.2 Å².